The Morgan fingerprint density at radius 3 is 2.96 bits per heavy atom. The zero-order valence-electron chi connectivity index (χ0n) is 13.1. The molecule has 0 bridgehead atoms. The zero-order chi connectivity index (χ0) is 17.6. The first-order valence-corrected chi connectivity index (χ1v) is 7.91. The average molecular weight is 359 g/mol. The molecule has 0 radical (unpaired) electrons. The minimum absolute atomic E-state index is 0.0154. The second-order valence-electron chi connectivity index (χ2n) is 5.27. The van der Waals surface area contributed by atoms with Crippen molar-refractivity contribution in [2.24, 2.45) is 5.10 Å². The first-order chi connectivity index (χ1) is 12.1. The van der Waals surface area contributed by atoms with E-state index >= 15 is 0 Å². The van der Waals surface area contributed by atoms with Crippen LogP contribution < -0.4 is 10.2 Å². The first-order valence-electron chi connectivity index (χ1n) is 7.53. The van der Waals surface area contributed by atoms with Gasteiger partial charge in [0.1, 0.15) is 18.1 Å². The Labute approximate surface area is 149 Å². The summed E-state index contributed by atoms with van der Waals surface area (Å²) in [6.07, 6.45) is 5.43. The molecule has 128 valence electrons. The molecule has 3 heterocycles. The molecule has 2 aromatic rings. The molecule has 2 aromatic heterocycles. The number of allylic oxidation sites excluding steroid dienone is 1. The summed E-state index contributed by atoms with van der Waals surface area (Å²) in [6, 6.07) is 6.77. The summed E-state index contributed by atoms with van der Waals surface area (Å²) >= 11 is 6.09. The quantitative estimate of drug-likeness (QED) is 0.852. The zero-order valence-corrected chi connectivity index (χ0v) is 13.9. The predicted molar refractivity (Wildman–Crippen MR) is 92.9 cm³/mol. The molecule has 0 aliphatic carbocycles. The number of carboxylic acids is 1. The summed E-state index contributed by atoms with van der Waals surface area (Å²) in [5.74, 6) is -0.500. The summed E-state index contributed by atoms with van der Waals surface area (Å²) < 4.78 is 5.64. The molecule has 0 spiro atoms. The van der Waals surface area contributed by atoms with Gasteiger partial charge in [0.2, 0.25) is 0 Å². The minimum atomic E-state index is -1.07. The van der Waals surface area contributed by atoms with Crippen LogP contribution in [0.5, 0.6) is 5.75 Å². The number of ether oxygens (including phenoxy) is 1. The van der Waals surface area contributed by atoms with E-state index in [1.54, 1.807) is 24.4 Å². The van der Waals surface area contributed by atoms with Crippen molar-refractivity contribution in [3.8, 4) is 5.75 Å². The number of aromatic carboxylic acids is 1. The van der Waals surface area contributed by atoms with Gasteiger partial charge >= 0.3 is 5.97 Å². The van der Waals surface area contributed by atoms with E-state index in [1.165, 1.54) is 12.3 Å². The monoisotopic (exact) mass is 358 g/mol. The van der Waals surface area contributed by atoms with E-state index in [4.69, 9.17) is 21.4 Å². The molecule has 7 nitrogen and oxygen atoms in total. The van der Waals surface area contributed by atoms with Crippen molar-refractivity contribution in [1.82, 2.24) is 15.4 Å². The van der Waals surface area contributed by atoms with Crippen LogP contribution in [-0.2, 0) is 6.61 Å². The number of hydrogen-bond donors (Lipinski definition) is 2. The lowest BCUT2D eigenvalue weighted by Gasteiger charge is -2.08. The topological polar surface area (TPSA) is 96.7 Å². The van der Waals surface area contributed by atoms with Gasteiger partial charge in [-0.2, -0.15) is 5.10 Å². The Balaban J connectivity index is 1.65. The Kier molecular flexibility index (Phi) is 5.25. The Bertz CT molecular complexity index is 834. The molecule has 0 aromatic carbocycles. The van der Waals surface area contributed by atoms with E-state index in [2.05, 4.69) is 20.5 Å². The maximum absolute atomic E-state index is 10.9. The molecular formula is C17H15ClN4O3. The molecule has 0 saturated carbocycles. The van der Waals surface area contributed by atoms with Crippen LogP contribution in [0.4, 0.5) is 0 Å². The molecule has 1 aliphatic heterocycles. The molecule has 0 saturated heterocycles. The second-order valence-corrected chi connectivity index (χ2v) is 5.76. The molecule has 0 unspecified atom stereocenters. The summed E-state index contributed by atoms with van der Waals surface area (Å²) in [5, 5.41) is 13.9. The molecular weight excluding hydrogens is 344 g/mol. The van der Waals surface area contributed by atoms with Gasteiger partial charge in [-0.25, -0.2) is 9.78 Å². The number of nitrogens with one attached hydrogen (secondary N) is 1. The van der Waals surface area contributed by atoms with Gasteiger partial charge in [-0.05, 0) is 35.9 Å². The molecule has 25 heavy (non-hydrogen) atoms. The van der Waals surface area contributed by atoms with Gasteiger partial charge in [-0.1, -0.05) is 11.6 Å². The number of carboxylic acid groups (broad SMARTS) is 1. The van der Waals surface area contributed by atoms with E-state index in [-0.39, 0.29) is 12.3 Å². The highest BCUT2D eigenvalue weighted by Gasteiger charge is 2.11. The van der Waals surface area contributed by atoms with Crippen molar-refractivity contribution >= 4 is 23.3 Å². The largest absolute Gasteiger partial charge is 0.487 e. The van der Waals surface area contributed by atoms with Crippen molar-refractivity contribution in [2.75, 3.05) is 6.54 Å². The fourth-order valence-electron chi connectivity index (χ4n) is 2.20. The lowest BCUT2D eigenvalue weighted by atomic mass is 10.1. The smallest absolute Gasteiger partial charge is 0.354 e. The van der Waals surface area contributed by atoms with E-state index in [0.717, 1.165) is 10.7 Å². The Morgan fingerprint density at radius 2 is 2.20 bits per heavy atom. The number of nitrogens with zero attached hydrogens (tertiary/aromatic N) is 3. The number of halogens is 1. The number of rotatable bonds is 5. The van der Waals surface area contributed by atoms with Crippen molar-refractivity contribution in [2.45, 2.75) is 13.0 Å². The lowest BCUT2D eigenvalue weighted by molar-refractivity contribution is 0.0690. The lowest BCUT2D eigenvalue weighted by Crippen LogP contribution is -2.10. The third-order valence-electron chi connectivity index (χ3n) is 3.45. The van der Waals surface area contributed by atoms with Crippen molar-refractivity contribution in [1.29, 1.82) is 0 Å². The maximum atomic E-state index is 10.9. The molecule has 2 N–H and O–H groups in total. The molecule has 8 heteroatoms. The van der Waals surface area contributed by atoms with Gasteiger partial charge in [0.05, 0.1) is 24.1 Å². The fraction of sp³-hybridized carbons (Fsp3) is 0.176. The normalized spacial score (nSPS) is 14.0. The van der Waals surface area contributed by atoms with Gasteiger partial charge in [0.15, 0.2) is 0 Å². The third kappa shape index (κ3) is 4.54. The molecule has 0 fully saturated rings. The number of pyridine rings is 2. The average Bonchev–Trinajstić information content (AvgIpc) is 2.85. The Morgan fingerprint density at radius 1 is 1.32 bits per heavy atom. The van der Waals surface area contributed by atoms with Crippen molar-refractivity contribution in [3.05, 3.63) is 64.7 Å². The summed E-state index contributed by atoms with van der Waals surface area (Å²) in [5.41, 5.74) is 5.07. The van der Waals surface area contributed by atoms with E-state index in [1.807, 2.05) is 6.08 Å². The van der Waals surface area contributed by atoms with Crippen LogP contribution in [0.3, 0.4) is 0 Å². The fourth-order valence-corrected chi connectivity index (χ4v) is 2.40. The van der Waals surface area contributed by atoms with Gasteiger partial charge in [-0.15, -0.1) is 0 Å². The van der Waals surface area contributed by atoms with E-state index < -0.39 is 5.97 Å². The van der Waals surface area contributed by atoms with Crippen LogP contribution in [0.2, 0.25) is 0 Å². The second kappa shape index (κ2) is 7.76. The molecule has 1 aliphatic rings. The van der Waals surface area contributed by atoms with Crippen LogP contribution in [0.1, 0.15) is 28.2 Å². The van der Waals surface area contributed by atoms with Crippen LogP contribution >= 0.6 is 11.6 Å². The highest BCUT2D eigenvalue weighted by molar-refractivity contribution is 6.31. The van der Waals surface area contributed by atoms with E-state index in [9.17, 15) is 4.79 Å². The highest BCUT2D eigenvalue weighted by atomic mass is 35.5. The van der Waals surface area contributed by atoms with Crippen LogP contribution in [0, 0.1) is 0 Å². The number of carbonyl (C=O) groups is 1. The standard InChI is InChI=1S/C17H15ClN4O3/c18-12-4-6-21-22-15(8-12)14-2-1-13(9-20-14)25-10-11-3-5-19-16(7-11)17(23)24/h1-5,7,9,21H,6,8,10H2,(H,23,24). The van der Waals surface area contributed by atoms with Crippen LogP contribution in [0.15, 0.2) is 52.9 Å². The van der Waals surface area contributed by atoms with E-state index in [0.29, 0.717) is 30.0 Å². The van der Waals surface area contributed by atoms with Crippen LogP contribution in [-0.4, -0.2) is 33.3 Å². The predicted octanol–water partition coefficient (Wildman–Crippen LogP) is 2.57. The van der Waals surface area contributed by atoms with Gasteiger partial charge in [-0.3, -0.25) is 4.98 Å². The Hall–Kier alpha value is -2.93. The molecule has 0 amide bonds. The number of hydrazone groups is 1. The van der Waals surface area contributed by atoms with Gasteiger partial charge in [0.25, 0.3) is 0 Å². The van der Waals surface area contributed by atoms with Crippen LogP contribution in [0.25, 0.3) is 0 Å². The SMILES string of the molecule is O=C(O)c1cc(COc2ccc(C3=NNCC=C(Cl)C3)nc2)ccn1. The summed E-state index contributed by atoms with van der Waals surface area (Å²) in [4.78, 5) is 19.0. The first kappa shape index (κ1) is 16.9. The van der Waals surface area contributed by atoms with Gasteiger partial charge in [0, 0.05) is 17.6 Å². The molecule has 3 rings (SSSR count). The minimum Gasteiger partial charge on any atom is -0.487 e. The summed E-state index contributed by atoms with van der Waals surface area (Å²) in [7, 11) is 0. The maximum Gasteiger partial charge on any atom is 0.354 e. The third-order valence-corrected chi connectivity index (χ3v) is 3.73. The number of hydrogen-bond acceptors (Lipinski definition) is 6. The summed E-state index contributed by atoms with van der Waals surface area (Å²) in [6.45, 7) is 0.814. The van der Waals surface area contributed by atoms with Gasteiger partial charge < -0.3 is 15.3 Å². The highest BCUT2D eigenvalue weighted by Crippen LogP contribution is 2.17. The molecule has 0 atom stereocenters. The number of aromatic nitrogens is 2. The van der Waals surface area contributed by atoms with Crippen molar-refractivity contribution in [3.63, 3.8) is 0 Å². The van der Waals surface area contributed by atoms with Crippen molar-refractivity contribution < 1.29 is 14.6 Å².